The Hall–Kier alpha value is -3.60. The van der Waals surface area contributed by atoms with Crippen LogP contribution in [0.5, 0.6) is 11.5 Å². The van der Waals surface area contributed by atoms with Gasteiger partial charge in [0.05, 0.1) is 7.11 Å². The van der Waals surface area contributed by atoms with Crippen LogP contribution in [0.2, 0.25) is 0 Å². The van der Waals surface area contributed by atoms with Crippen LogP contribution in [0.3, 0.4) is 0 Å². The molecule has 0 heterocycles. The standard InChI is InChI=1S/C22H19NO4/c1-15(24)27-21-14-16(10-12-20(21)26-2)11-13-22(25)23-19-9-5-7-17-6-3-4-8-18(17)19/h3-14H,1-2H3,(H,23,25). The van der Waals surface area contributed by atoms with E-state index in [1.165, 1.54) is 20.1 Å². The number of benzene rings is 3. The van der Waals surface area contributed by atoms with Crippen LogP contribution in [0, 0.1) is 0 Å². The van der Waals surface area contributed by atoms with Crippen molar-refractivity contribution in [1.29, 1.82) is 0 Å². The molecule has 0 aromatic heterocycles. The van der Waals surface area contributed by atoms with Gasteiger partial charge in [0.1, 0.15) is 0 Å². The van der Waals surface area contributed by atoms with E-state index in [1.54, 1.807) is 24.3 Å². The number of fused-ring (bicyclic) bond motifs is 1. The molecule has 0 saturated heterocycles. The molecule has 0 aliphatic heterocycles. The predicted molar refractivity (Wildman–Crippen MR) is 106 cm³/mol. The van der Waals surface area contributed by atoms with Gasteiger partial charge in [-0.15, -0.1) is 0 Å². The fourth-order valence-electron chi connectivity index (χ4n) is 2.71. The highest BCUT2D eigenvalue weighted by molar-refractivity contribution is 6.07. The maximum atomic E-state index is 12.3. The molecule has 1 amide bonds. The van der Waals surface area contributed by atoms with Crippen LogP contribution in [0.25, 0.3) is 16.8 Å². The number of esters is 1. The Kier molecular flexibility index (Phi) is 5.52. The highest BCUT2D eigenvalue weighted by Gasteiger charge is 2.08. The first-order valence-corrected chi connectivity index (χ1v) is 8.40. The summed E-state index contributed by atoms with van der Waals surface area (Å²) in [6.45, 7) is 1.32. The van der Waals surface area contributed by atoms with Crippen LogP contribution < -0.4 is 14.8 Å². The minimum absolute atomic E-state index is 0.254. The fourth-order valence-corrected chi connectivity index (χ4v) is 2.71. The summed E-state index contributed by atoms with van der Waals surface area (Å²) in [5.41, 5.74) is 1.46. The van der Waals surface area contributed by atoms with E-state index in [1.807, 2.05) is 42.5 Å². The third kappa shape index (κ3) is 4.52. The first-order chi connectivity index (χ1) is 13.1. The SMILES string of the molecule is COc1ccc(C=CC(=O)Nc2cccc3ccccc23)cc1OC(C)=O. The Morgan fingerprint density at radius 1 is 0.963 bits per heavy atom. The summed E-state index contributed by atoms with van der Waals surface area (Å²) >= 11 is 0. The van der Waals surface area contributed by atoms with Crippen LogP contribution in [0.1, 0.15) is 12.5 Å². The number of amides is 1. The average molecular weight is 361 g/mol. The van der Waals surface area contributed by atoms with Crippen molar-refractivity contribution in [3.63, 3.8) is 0 Å². The molecule has 0 radical (unpaired) electrons. The van der Waals surface area contributed by atoms with E-state index >= 15 is 0 Å². The average Bonchev–Trinajstić information content (AvgIpc) is 2.66. The fraction of sp³-hybridized carbons (Fsp3) is 0.0909. The van der Waals surface area contributed by atoms with Gasteiger partial charge >= 0.3 is 5.97 Å². The molecule has 5 nitrogen and oxygen atoms in total. The van der Waals surface area contributed by atoms with Gasteiger partial charge in [-0.2, -0.15) is 0 Å². The highest BCUT2D eigenvalue weighted by atomic mass is 16.6. The lowest BCUT2D eigenvalue weighted by Crippen LogP contribution is -2.08. The van der Waals surface area contributed by atoms with Gasteiger partial charge in [-0.1, -0.05) is 42.5 Å². The highest BCUT2D eigenvalue weighted by Crippen LogP contribution is 2.29. The van der Waals surface area contributed by atoms with E-state index in [9.17, 15) is 9.59 Å². The van der Waals surface area contributed by atoms with Crippen molar-refractivity contribution in [1.82, 2.24) is 0 Å². The van der Waals surface area contributed by atoms with Crippen LogP contribution in [0.4, 0.5) is 5.69 Å². The van der Waals surface area contributed by atoms with Gasteiger partial charge in [0.15, 0.2) is 11.5 Å². The van der Waals surface area contributed by atoms with Crippen molar-refractivity contribution in [3.05, 3.63) is 72.3 Å². The van der Waals surface area contributed by atoms with Crippen molar-refractivity contribution < 1.29 is 19.1 Å². The lowest BCUT2D eigenvalue weighted by Gasteiger charge is -2.09. The molecule has 3 rings (SSSR count). The smallest absolute Gasteiger partial charge is 0.308 e. The molecule has 3 aromatic rings. The van der Waals surface area contributed by atoms with Crippen LogP contribution in [-0.4, -0.2) is 19.0 Å². The van der Waals surface area contributed by atoms with Gasteiger partial charge in [0.2, 0.25) is 5.91 Å². The number of carbonyl (C=O) groups is 2. The number of hydrogen-bond donors (Lipinski definition) is 1. The summed E-state index contributed by atoms with van der Waals surface area (Å²) in [6.07, 6.45) is 3.08. The van der Waals surface area contributed by atoms with Gasteiger partial charge in [-0.05, 0) is 35.2 Å². The Morgan fingerprint density at radius 3 is 2.52 bits per heavy atom. The van der Waals surface area contributed by atoms with Crippen molar-refractivity contribution in [2.24, 2.45) is 0 Å². The maximum absolute atomic E-state index is 12.3. The monoisotopic (exact) mass is 361 g/mol. The summed E-state index contributed by atoms with van der Waals surface area (Å²) in [6, 6.07) is 18.7. The first kappa shape index (κ1) is 18.2. The molecule has 0 spiro atoms. The first-order valence-electron chi connectivity index (χ1n) is 8.40. The predicted octanol–water partition coefficient (Wildman–Crippen LogP) is 4.43. The van der Waals surface area contributed by atoms with E-state index in [0.717, 1.165) is 16.5 Å². The Morgan fingerprint density at radius 2 is 1.74 bits per heavy atom. The van der Waals surface area contributed by atoms with Crippen LogP contribution in [-0.2, 0) is 9.59 Å². The normalized spacial score (nSPS) is 10.7. The summed E-state index contributed by atoms with van der Waals surface area (Å²) in [4.78, 5) is 23.5. The molecular weight excluding hydrogens is 342 g/mol. The molecule has 0 bridgehead atoms. The lowest BCUT2D eigenvalue weighted by molar-refractivity contribution is -0.132. The molecule has 1 N–H and O–H groups in total. The third-order valence-corrected chi connectivity index (χ3v) is 3.92. The Balaban J connectivity index is 1.77. The minimum atomic E-state index is -0.442. The summed E-state index contributed by atoms with van der Waals surface area (Å²) < 4.78 is 10.3. The topological polar surface area (TPSA) is 64.6 Å². The zero-order chi connectivity index (χ0) is 19.2. The van der Waals surface area contributed by atoms with E-state index in [0.29, 0.717) is 17.1 Å². The number of ether oxygens (including phenoxy) is 2. The number of methoxy groups -OCH3 is 1. The largest absolute Gasteiger partial charge is 0.493 e. The quantitative estimate of drug-likeness (QED) is 0.415. The molecule has 3 aromatic carbocycles. The van der Waals surface area contributed by atoms with E-state index < -0.39 is 5.97 Å². The van der Waals surface area contributed by atoms with Crippen LogP contribution in [0.15, 0.2) is 66.7 Å². The summed E-state index contributed by atoms with van der Waals surface area (Å²) in [5, 5.41) is 4.92. The van der Waals surface area contributed by atoms with Crippen molar-refractivity contribution in [2.45, 2.75) is 6.92 Å². The summed E-state index contributed by atoms with van der Waals surface area (Å²) in [5.74, 6) is 0.0588. The third-order valence-electron chi connectivity index (χ3n) is 3.92. The number of rotatable bonds is 5. The lowest BCUT2D eigenvalue weighted by atomic mass is 10.1. The molecular formula is C22H19NO4. The molecule has 136 valence electrons. The molecule has 0 aliphatic rings. The molecule has 0 fully saturated rings. The van der Waals surface area contributed by atoms with Crippen LogP contribution >= 0.6 is 0 Å². The Bertz CT molecular complexity index is 1020. The summed E-state index contributed by atoms with van der Waals surface area (Å²) in [7, 11) is 1.50. The van der Waals surface area contributed by atoms with E-state index in [2.05, 4.69) is 5.32 Å². The van der Waals surface area contributed by atoms with Gasteiger partial charge in [0, 0.05) is 24.1 Å². The van der Waals surface area contributed by atoms with Gasteiger partial charge in [0.25, 0.3) is 0 Å². The van der Waals surface area contributed by atoms with E-state index in [-0.39, 0.29) is 5.91 Å². The number of nitrogens with one attached hydrogen (secondary N) is 1. The Labute approximate surface area is 157 Å². The number of hydrogen-bond acceptors (Lipinski definition) is 4. The van der Waals surface area contributed by atoms with Crippen molar-refractivity contribution >= 4 is 34.4 Å². The number of anilines is 1. The second-order valence-corrected chi connectivity index (χ2v) is 5.85. The van der Waals surface area contributed by atoms with Gasteiger partial charge in [-0.25, -0.2) is 0 Å². The second kappa shape index (κ2) is 8.19. The maximum Gasteiger partial charge on any atom is 0.308 e. The molecule has 0 aliphatic carbocycles. The molecule has 5 heteroatoms. The van der Waals surface area contributed by atoms with E-state index in [4.69, 9.17) is 9.47 Å². The van der Waals surface area contributed by atoms with Gasteiger partial charge < -0.3 is 14.8 Å². The van der Waals surface area contributed by atoms with Crippen molar-refractivity contribution in [2.75, 3.05) is 12.4 Å². The molecule has 0 atom stereocenters. The molecule has 0 unspecified atom stereocenters. The minimum Gasteiger partial charge on any atom is -0.493 e. The number of carbonyl (C=O) groups excluding carboxylic acids is 2. The molecule has 0 saturated carbocycles. The van der Waals surface area contributed by atoms with Crippen molar-refractivity contribution in [3.8, 4) is 11.5 Å². The zero-order valence-electron chi connectivity index (χ0n) is 15.1. The zero-order valence-corrected chi connectivity index (χ0v) is 15.1. The molecule has 27 heavy (non-hydrogen) atoms. The second-order valence-electron chi connectivity index (χ2n) is 5.85. The van der Waals surface area contributed by atoms with Gasteiger partial charge in [-0.3, -0.25) is 9.59 Å².